The van der Waals surface area contributed by atoms with Crippen LogP contribution in [-0.2, 0) is 4.79 Å². The van der Waals surface area contributed by atoms with Gasteiger partial charge in [-0.1, -0.05) is 0 Å². The van der Waals surface area contributed by atoms with Crippen molar-refractivity contribution in [1.29, 1.82) is 0 Å². The van der Waals surface area contributed by atoms with Gasteiger partial charge < -0.3 is 10.0 Å². The van der Waals surface area contributed by atoms with Crippen molar-refractivity contribution in [2.75, 3.05) is 11.4 Å². The molecule has 0 spiro atoms. The van der Waals surface area contributed by atoms with Gasteiger partial charge >= 0.3 is 12.0 Å². The predicted molar refractivity (Wildman–Crippen MR) is 66.0 cm³/mol. The lowest BCUT2D eigenvalue weighted by Gasteiger charge is -2.15. The summed E-state index contributed by atoms with van der Waals surface area (Å²) >= 11 is 0. The first-order chi connectivity index (χ1) is 9.09. The van der Waals surface area contributed by atoms with E-state index in [2.05, 4.69) is 0 Å². The summed E-state index contributed by atoms with van der Waals surface area (Å²) in [7, 11) is 0. The third-order valence-corrected chi connectivity index (χ3v) is 3.57. The van der Waals surface area contributed by atoms with Crippen molar-refractivity contribution in [3.63, 3.8) is 0 Å². The van der Waals surface area contributed by atoms with E-state index in [4.69, 9.17) is 5.11 Å². The maximum atomic E-state index is 12.2. The van der Waals surface area contributed by atoms with Gasteiger partial charge in [0.05, 0.1) is 11.3 Å². The molecule has 1 unspecified atom stereocenters. The highest BCUT2D eigenvalue weighted by Gasteiger charge is 2.47. The SMILES string of the molecule is O=C(O)c1ccc(N2C(=O)C3CCCN3C2=O)cc1. The molecule has 0 aliphatic carbocycles. The minimum atomic E-state index is -1.04. The molecule has 6 heteroatoms. The molecule has 2 aliphatic rings. The molecule has 0 radical (unpaired) electrons. The third kappa shape index (κ3) is 1.68. The molecule has 2 saturated heterocycles. The van der Waals surface area contributed by atoms with Gasteiger partial charge in [0.15, 0.2) is 0 Å². The topological polar surface area (TPSA) is 77.9 Å². The first kappa shape index (κ1) is 11.7. The molecule has 19 heavy (non-hydrogen) atoms. The highest BCUT2D eigenvalue weighted by Crippen LogP contribution is 2.31. The summed E-state index contributed by atoms with van der Waals surface area (Å²) in [5.41, 5.74) is 0.553. The van der Waals surface area contributed by atoms with E-state index in [1.807, 2.05) is 0 Å². The van der Waals surface area contributed by atoms with Crippen molar-refractivity contribution in [2.24, 2.45) is 0 Å². The van der Waals surface area contributed by atoms with Gasteiger partial charge in [-0.3, -0.25) is 4.79 Å². The first-order valence-corrected chi connectivity index (χ1v) is 6.07. The Hall–Kier alpha value is -2.37. The first-order valence-electron chi connectivity index (χ1n) is 6.07. The van der Waals surface area contributed by atoms with E-state index in [0.717, 1.165) is 11.3 Å². The van der Waals surface area contributed by atoms with E-state index >= 15 is 0 Å². The molecular formula is C13H12N2O4. The van der Waals surface area contributed by atoms with E-state index in [0.29, 0.717) is 18.7 Å². The lowest BCUT2D eigenvalue weighted by molar-refractivity contribution is -0.119. The number of amides is 3. The molecule has 3 amide bonds. The Bertz CT molecular complexity index is 545. The summed E-state index contributed by atoms with van der Waals surface area (Å²) in [5, 5.41) is 8.82. The third-order valence-electron chi connectivity index (χ3n) is 3.57. The number of hydrogen-bond acceptors (Lipinski definition) is 3. The Labute approximate surface area is 109 Å². The predicted octanol–water partition coefficient (Wildman–Crippen LogP) is 1.32. The van der Waals surface area contributed by atoms with Gasteiger partial charge in [0.1, 0.15) is 6.04 Å². The Morgan fingerprint density at radius 2 is 1.89 bits per heavy atom. The summed E-state index contributed by atoms with van der Waals surface area (Å²) in [6.45, 7) is 0.610. The van der Waals surface area contributed by atoms with Crippen molar-refractivity contribution >= 4 is 23.6 Å². The van der Waals surface area contributed by atoms with E-state index in [9.17, 15) is 14.4 Å². The van der Waals surface area contributed by atoms with Crippen LogP contribution in [0.4, 0.5) is 10.5 Å². The molecule has 2 heterocycles. The van der Waals surface area contributed by atoms with Crippen LogP contribution in [0.25, 0.3) is 0 Å². The van der Waals surface area contributed by atoms with Gasteiger partial charge in [-0.25, -0.2) is 14.5 Å². The average molecular weight is 260 g/mol. The number of carboxylic acids is 1. The second-order valence-corrected chi connectivity index (χ2v) is 4.66. The van der Waals surface area contributed by atoms with E-state index in [1.165, 1.54) is 24.3 Å². The van der Waals surface area contributed by atoms with E-state index in [-0.39, 0.29) is 23.5 Å². The van der Waals surface area contributed by atoms with Crippen LogP contribution in [0.15, 0.2) is 24.3 Å². The Kier molecular flexibility index (Phi) is 2.51. The fraction of sp³-hybridized carbons (Fsp3) is 0.308. The quantitative estimate of drug-likeness (QED) is 0.813. The minimum Gasteiger partial charge on any atom is -0.478 e. The van der Waals surface area contributed by atoms with E-state index in [1.54, 1.807) is 4.90 Å². The number of hydrogen-bond donors (Lipinski definition) is 1. The zero-order valence-electron chi connectivity index (χ0n) is 10.1. The lowest BCUT2D eigenvalue weighted by atomic mass is 10.2. The number of carbonyl (C=O) groups excluding carboxylic acids is 2. The minimum absolute atomic E-state index is 0.128. The number of nitrogens with zero attached hydrogens (tertiary/aromatic N) is 2. The van der Waals surface area contributed by atoms with Crippen molar-refractivity contribution in [3.05, 3.63) is 29.8 Å². The van der Waals surface area contributed by atoms with Crippen molar-refractivity contribution in [3.8, 4) is 0 Å². The highest BCUT2D eigenvalue weighted by molar-refractivity contribution is 6.21. The van der Waals surface area contributed by atoms with Crippen LogP contribution in [0.3, 0.4) is 0 Å². The maximum absolute atomic E-state index is 12.2. The van der Waals surface area contributed by atoms with Crippen LogP contribution in [0.1, 0.15) is 23.2 Å². The number of urea groups is 1. The fourth-order valence-corrected chi connectivity index (χ4v) is 2.61. The lowest BCUT2D eigenvalue weighted by Crippen LogP contribution is -2.33. The molecule has 6 nitrogen and oxygen atoms in total. The van der Waals surface area contributed by atoms with Crippen LogP contribution >= 0.6 is 0 Å². The molecule has 2 aliphatic heterocycles. The largest absolute Gasteiger partial charge is 0.478 e. The van der Waals surface area contributed by atoms with Crippen molar-refractivity contribution in [1.82, 2.24) is 4.90 Å². The second kappa shape index (κ2) is 4.08. The number of carbonyl (C=O) groups is 3. The number of imide groups is 1. The summed E-state index contributed by atoms with van der Waals surface area (Å²) in [5.74, 6) is -1.25. The Morgan fingerprint density at radius 1 is 1.21 bits per heavy atom. The summed E-state index contributed by atoms with van der Waals surface area (Å²) in [6.07, 6.45) is 1.56. The zero-order chi connectivity index (χ0) is 13.6. The summed E-state index contributed by atoms with van der Waals surface area (Å²) in [6, 6.07) is 5.11. The van der Waals surface area contributed by atoms with Gasteiger partial charge in [0, 0.05) is 6.54 Å². The molecule has 0 bridgehead atoms. The summed E-state index contributed by atoms with van der Waals surface area (Å²) < 4.78 is 0. The monoisotopic (exact) mass is 260 g/mol. The summed E-state index contributed by atoms with van der Waals surface area (Å²) in [4.78, 5) is 37.8. The number of rotatable bonds is 2. The van der Waals surface area contributed by atoms with Gasteiger partial charge in [0.2, 0.25) is 0 Å². The molecule has 0 saturated carbocycles. The van der Waals surface area contributed by atoms with Gasteiger partial charge in [-0.05, 0) is 37.1 Å². The van der Waals surface area contributed by atoms with Crippen LogP contribution in [0, 0.1) is 0 Å². The molecule has 1 atom stereocenters. The molecule has 1 aromatic carbocycles. The second-order valence-electron chi connectivity index (χ2n) is 4.66. The normalized spacial score (nSPS) is 22.0. The molecule has 0 aromatic heterocycles. The molecule has 1 aromatic rings. The molecular weight excluding hydrogens is 248 g/mol. The fourth-order valence-electron chi connectivity index (χ4n) is 2.61. The van der Waals surface area contributed by atoms with Gasteiger partial charge in [-0.15, -0.1) is 0 Å². The van der Waals surface area contributed by atoms with Crippen LogP contribution < -0.4 is 4.90 Å². The average Bonchev–Trinajstić information content (AvgIpc) is 2.95. The standard InChI is InChI=1S/C13H12N2O4/c16-11-10-2-1-7-14(10)13(19)15(11)9-5-3-8(4-6-9)12(17)18/h3-6,10H,1-2,7H2,(H,17,18). The molecule has 3 rings (SSSR count). The highest BCUT2D eigenvalue weighted by atomic mass is 16.4. The van der Waals surface area contributed by atoms with Crippen LogP contribution in [0.2, 0.25) is 0 Å². The Morgan fingerprint density at radius 3 is 2.47 bits per heavy atom. The van der Waals surface area contributed by atoms with Crippen LogP contribution in [0.5, 0.6) is 0 Å². The molecule has 98 valence electrons. The van der Waals surface area contributed by atoms with Gasteiger partial charge in [-0.2, -0.15) is 0 Å². The number of anilines is 1. The number of benzene rings is 1. The molecule has 2 fully saturated rings. The van der Waals surface area contributed by atoms with Crippen molar-refractivity contribution < 1.29 is 19.5 Å². The van der Waals surface area contributed by atoms with Gasteiger partial charge in [0.25, 0.3) is 5.91 Å². The number of carboxylic acid groups (broad SMARTS) is 1. The van der Waals surface area contributed by atoms with Crippen molar-refractivity contribution in [2.45, 2.75) is 18.9 Å². The maximum Gasteiger partial charge on any atom is 0.335 e. The number of fused-ring (bicyclic) bond motifs is 1. The van der Waals surface area contributed by atoms with E-state index < -0.39 is 5.97 Å². The zero-order valence-corrected chi connectivity index (χ0v) is 10.1. The number of aromatic carboxylic acids is 1. The Balaban J connectivity index is 1.92. The smallest absolute Gasteiger partial charge is 0.335 e. The molecule has 1 N–H and O–H groups in total. The van der Waals surface area contributed by atoms with Crippen LogP contribution in [-0.4, -0.2) is 40.5 Å².